The molecule has 1 N–H and O–H groups in total. The van der Waals surface area contributed by atoms with Crippen molar-refractivity contribution < 1.29 is 4.79 Å². The zero-order valence-electron chi connectivity index (χ0n) is 13.6. The first-order valence-electron chi connectivity index (χ1n) is 7.79. The smallest absolute Gasteiger partial charge is 0.220 e. The standard InChI is InChI=1S/C19H24N2O/c1-14-6-7-17(11-15(14)2)8-9-19(22)21-16(3)12-18-5-4-10-20-13-18/h4-7,10-11,13,16H,8-9,12H2,1-3H3,(H,21,22)/t16-/m0/s1. The number of carbonyl (C=O) groups excluding carboxylic acids is 1. The van der Waals surface area contributed by atoms with Crippen molar-refractivity contribution in [2.75, 3.05) is 0 Å². The number of pyridine rings is 1. The monoisotopic (exact) mass is 296 g/mol. The van der Waals surface area contributed by atoms with E-state index in [0.717, 1.165) is 18.4 Å². The maximum atomic E-state index is 12.0. The van der Waals surface area contributed by atoms with Crippen LogP contribution in [0.25, 0.3) is 0 Å². The van der Waals surface area contributed by atoms with Crippen LogP contribution in [0.1, 0.15) is 35.6 Å². The molecule has 0 saturated heterocycles. The van der Waals surface area contributed by atoms with Crippen molar-refractivity contribution in [3.05, 3.63) is 65.0 Å². The Morgan fingerprint density at radius 3 is 2.68 bits per heavy atom. The number of carbonyl (C=O) groups is 1. The molecule has 0 aliphatic carbocycles. The Balaban J connectivity index is 1.78. The lowest BCUT2D eigenvalue weighted by molar-refractivity contribution is -0.121. The minimum Gasteiger partial charge on any atom is -0.353 e. The molecule has 3 nitrogen and oxygen atoms in total. The molecule has 2 aromatic rings. The lowest BCUT2D eigenvalue weighted by Gasteiger charge is -2.14. The minimum atomic E-state index is 0.106. The van der Waals surface area contributed by atoms with Crippen molar-refractivity contribution >= 4 is 5.91 Å². The van der Waals surface area contributed by atoms with E-state index in [4.69, 9.17) is 0 Å². The summed E-state index contributed by atoms with van der Waals surface area (Å²) in [5.41, 5.74) is 4.93. The molecule has 1 aromatic carbocycles. The molecule has 1 atom stereocenters. The normalized spacial score (nSPS) is 12.0. The molecule has 0 spiro atoms. The molecule has 0 aliphatic rings. The topological polar surface area (TPSA) is 42.0 Å². The number of hydrogen-bond acceptors (Lipinski definition) is 2. The first-order valence-corrected chi connectivity index (χ1v) is 7.79. The van der Waals surface area contributed by atoms with Crippen LogP contribution >= 0.6 is 0 Å². The SMILES string of the molecule is Cc1ccc(CCC(=O)N[C@@H](C)Cc2cccnc2)cc1C. The first-order chi connectivity index (χ1) is 10.5. The molecule has 3 heteroatoms. The summed E-state index contributed by atoms with van der Waals surface area (Å²) in [6, 6.07) is 10.5. The van der Waals surface area contributed by atoms with E-state index in [-0.39, 0.29) is 11.9 Å². The highest BCUT2D eigenvalue weighted by molar-refractivity contribution is 5.76. The maximum Gasteiger partial charge on any atom is 0.220 e. The second-order valence-corrected chi connectivity index (χ2v) is 5.95. The van der Waals surface area contributed by atoms with E-state index < -0.39 is 0 Å². The highest BCUT2D eigenvalue weighted by Crippen LogP contribution is 2.11. The number of aryl methyl sites for hydroxylation is 3. The van der Waals surface area contributed by atoms with Gasteiger partial charge in [0, 0.05) is 24.9 Å². The lowest BCUT2D eigenvalue weighted by atomic mass is 10.0. The van der Waals surface area contributed by atoms with Crippen LogP contribution < -0.4 is 5.32 Å². The second kappa shape index (κ2) is 7.74. The van der Waals surface area contributed by atoms with Crippen LogP contribution in [-0.4, -0.2) is 16.9 Å². The van der Waals surface area contributed by atoms with Gasteiger partial charge in [-0.05, 0) is 61.9 Å². The molecule has 0 saturated carbocycles. The predicted octanol–water partition coefficient (Wildman–Crippen LogP) is 3.38. The summed E-state index contributed by atoms with van der Waals surface area (Å²) in [5.74, 6) is 0.106. The summed E-state index contributed by atoms with van der Waals surface area (Å²) in [6.45, 7) is 6.24. The average Bonchev–Trinajstić information content (AvgIpc) is 2.49. The molecule has 1 heterocycles. The number of aromatic nitrogens is 1. The van der Waals surface area contributed by atoms with E-state index >= 15 is 0 Å². The molecule has 1 amide bonds. The lowest BCUT2D eigenvalue weighted by Crippen LogP contribution is -2.34. The third kappa shape index (κ3) is 4.99. The van der Waals surface area contributed by atoms with Crippen molar-refractivity contribution in [1.82, 2.24) is 10.3 Å². The fourth-order valence-corrected chi connectivity index (χ4v) is 2.49. The summed E-state index contributed by atoms with van der Waals surface area (Å²) >= 11 is 0. The van der Waals surface area contributed by atoms with Crippen LogP contribution in [-0.2, 0) is 17.6 Å². The van der Waals surface area contributed by atoms with Crippen LogP contribution in [0.15, 0.2) is 42.7 Å². The maximum absolute atomic E-state index is 12.0. The summed E-state index contributed by atoms with van der Waals surface area (Å²) in [4.78, 5) is 16.1. The molecular weight excluding hydrogens is 272 g/mol. The fraction of sp³-hybridized carbons (Fsp3) is 0.368. The Morgan fingerprint density at radius 1 is 1.18 bits per heavy atom. The van der Waals surface area contributed by atoms with Crippen molar-refractivity contribution in [3.8, 4) is 0 Å². The zero-order valence-corrected chi connectivity index (χ0v) is 13.6. The van der Waals surface area contributed by atoms with Crippen molar-refractivity contribution in [2.24, 2.45) is 0 Å². The summed E-state index contributed by atoms with van der Waals surface area (Å²) in [7, 11) is 0. The van der Waals surface area contributed by atoms with Gasteiger partial charge in [0.2, 0.25) is 5.91 Å². The van der Waals surface area contributed by atoms with Gasteiger partial charge in [-0.2, -0.15) is 0 Å². The van der Waals surface area contributed by atoms with Gasteiger partial charge in [-0.15, -0.1) is 0 Å². The van der Waals surface area contributed by atoms with Gasteiger partial charge in [0.15, 0.2) is 0 Å². The fourth-order valence-electron chi connectivity index (χ4n) is 2.49. The molecule has 2 rings (SSSR count). The van der Waals surface area contributed by atoms with E-state index in [0.29, 0.717) is 6.42 Å². The van der Waals surface area contributed by atoms with Crippen LogP contribution in [0.2, 0.25) is 0 Å². The summed E-state index contributed by atoms with van der Waals surface area (Å²) < 4.78 is 0. The van der Waals surface area contributed by atoms with Gasteiger partial charge >= 0.3 is 0 Å². The Hall–Kier alpha value is -2.16. The van der Waals surface area contributed by atoms with Crippen molar-refractivity contribution in [2.45, 2.75) is 46.1 Å². The number of rotatable bonds is 6. The molecule has 0 aliphatic heterocycles. The highest BCUT2D eigenvalue weighted by atomic mass is 16.1. The van der Waals surface area contributed by atoms with Gasteiger partial charge in [0.05, 0.1) is 0 Å². The first kappa shape index (κ1) is 16.2. The van der Waals surface area contributed by atoms with E-state index in [1.807, 2.05) is 25.3 Å². The highest BCUT2D eigenvalue weighted by Gasteiger charge is 2.08. The van der Waals surface area contributed by atoms with Crippen molar-refractivity contribution in [1.29, 1.82) is 0 Å². The number of nitrogens with one attached hydrogen (secondary N) is 1. The van der Waals surface area contributed by atoms with E-state index in [1.54, 1.807) is 6.20 Å². The average molecular weight is 296 g/mol. The summed E-state index contributed by atoms with van der Waals surface area (Å²) in [6.07, 6.45) is 5.73. The molecule has 0 unspecified atom stereocenters. The van der Waals surface area contributed by atoms with Gasteiger partial charge in [-0.25, -0.2) is 0 Å². The largest absolute Gasteiger partial charge is 0.353 e. The molecular formula is C19H24N2O. The predicted molar refractivity (Wildman–Crippen MR) is 89.8 cm³/mol. The van der Waals surface area contributed by atoms with Crippen LogP contribution in [0.5, 0.6) is 0 Å². The number of nitrogens with zero attached hydrogens (tertiary/aromatic N) is 1. The third-order valence-corrected chi connectivity index (χ3v) is 3.88. The Kier molecular flexibility index (Phi) is 5.70. The van der Waals surface area contributed by atoms with E-state index in [2.05, 4.69) is 42.3 Å². The van der Waals surface area contributed by atoms with Crippen LogP contribution in [0, 0.1) is 13.8 Å². The third-order valence-electron chi connectivity index (χ3n) is 3.88. The van der Waals surface area contributed by atoms with E-state index in [1.165, 1.54) is 16.7 Å². The number of benzene rings is 1. The Labute approximate surface area is 132 Å². The van der Waals surface area contributed by atoms with Crippen LogP contribution in [0.3, 0.4) is 0 Å². The Bertz CT molecular complexity index is 623. The molecule has 1 aromatic heterocycles. The van der Waals surface area contributed by atoms with Gasteiger partial charge < -0.3 is 5.32 Å². The summed E-state index contributed by atoms with van der Waals surface area (Å²) in [5, 5.41) is 3.06. The van der Waals surface area contributed by atoms with Gasteiger partial charge in [0.25, 0.3) is 0 Å². The zero-order chi connectivity index (χ0) is 15.9. The van der Waals surface area contributed by atoms with Crippen molar-refractivity contribution in [3.63, 3.8) is 0 Å². The quantitative estimate of drug-likeness (QED) is 0.888. The number of hydrogen-bond donors (Lipinski definition) is 1. The number of amides is 1. The molecule has 0 bridgehead atoms. The molecule has 22 heavy (non-hydrogen) atoms. The van der Waals surface area contributed by atoms with Crippen LogP contribution in [0.4, 0.5) is 0 Å². The molecule has 116 valence electrons. The minimum absolute atomic E-state index is 0.106. The van der Waals surface area contributed by atoms with Gasteiger partial charge in [0.1, 0.15) is 0 Å². The van der Waals surface area contributed by atoms with Gasteiger partial charge in [-0.3, -0.25) is 9.78 Å². The Morgan fingerprint density at radius 2 is 2.00 bits per heavy atom. The van der Waals surface area contributed by atoms with E-state index in [9.17, 15) is 4.79 Å². The second-order valence-electron chi connectivity index (χ2n) is 5.95. The molecule has 0 fully saturated rings. The van der Waals surface area contributed by atoms with Gasteiger partial charge in [-0.1, -0.05) is 24.3 Å². The molecule has 0 radical (unpaired) electrons.